The zero-order chi connectivity index (χ0) is 37.1. The van der Waals surface area contributed by atoms with Crippen LogP contribution in [-0.4, -0.2) is 95.8 Å². The Labute approximate surface area is 309 Å². The van der Waals surface area contributed by atoms with E-state index in [9.17, 15) is 4.79 Å². The third-order valence-electron chi connectivity index (χ3n) is 11.1. The zero-order valence-corrected chi connectivity index (χ0v) is 30.9. The second-order valence-electron chi connectivity index (χ2n) is 15.9. The molecule has 276 valence electrons. The van der Waals surface area contributed by atoms with Crippen molar-refractivity contribution >= 4 is 33.6 Å². The summed E-state index contributed by atoms with van der Waals surface area (Å²) in [6, 6.07) is 12.9. The normalized spacial score (nSPS) is 22.8. The van der Waals surface area contributed by atoms with Gasteiger partial charge < -0.3 is 23.8 Å². The highest BCUT2D eigenvalue weighted by atomic mass is 19.1. The van der Waals surface area contributed by atoms with Gasteiger partial charge in [0.05, 0.1) is 17.6 Å². The van der Waals surface area contributed by atoms with Gasteiger partial charge >= 0.3 is 12.1 Å². The number of carbonyl (C=O) groups excluding carboxylic acids is 1. The number of terminal acetylenes is 1. The minimum atomic E-state index is -0.597. The summed E-state index contributed by atoms with van der Waals surface area (Å²) in [5.41, 5.74) is 2.12. The first kappa shape index (κ1) is 35.1. The molecule has 3 aromatic carbocycles. The smallest absolute Gasteiger partial charge is 0.410 e. The van der Waals surface area contributed by atoms with Crippen molar-refractivity contribution in [3.63, 3.8) is 0 Å². The summed E-state index contributed by atoms with van der Waals surface area (Å²) in [4.78, 5) is 29.6. The molecule has 4 aromatic rings. The molecular formula is C42H46FN5O5. The summed E-state index contributed by atoms with van der Waals surface area (Å²) in [5.74, 6) is 3.36. The Morgan fingerprint density at radius 3 is 2.62 bits per heavy atom. The molecule has 0 N–H and O–H groups in total. The van der Waals surface area contributed by atoms with Crippen molar-refractivity contribution in [1.29, 1.82) is 0 Å². The Bertz CT molecular complexity index is 2150. The van der Waals surface area contributed by atoms with Crippen LogP contribution >= 0.6 is 0 Å². The summed E-state index contributed by atoms with van der Waals surface area (Å²) in [6.45, 7) is 13.2. The number of halogens is 1. The maximum absolute atomic E-state index is 17.4. The summed E-state index contributed by atoms with van der Waals surface area (Å²) in [7, 11) is 1.55. The Hall–Kier alpha value is -4.92. The van der Waals surface area contributed by atoms with E-state index in [0.29, 0.717) is 53.3 Å². The minimum Gasteiger partial charge on any atom is -0.468 e. The molecule has 4 aliphatic heterocycles. The fourth-order valence-electron chi connectivity index (χ4n) is 8.92. The summed E-state index contributed by atoms with van der Waals surface area (Å²) in [6.07, 6.45) is 10.3. The number of benzene rings is 3. The van der Waals surface area contributed by atoms with Crippen LogP contribution in [0.3, 0.4) is 0 Å². The lowest BCUT2D eigenvalue weighted by Gasteiger charge is -2.42. The molecule has 0 saturated carbocycles. The van der Waals surface area contributed by atoms with Crippen LogP contribution < -0.4 is 14.4 Å². The lowest BCUT2D eigenvalue weighted by atomic mass is 9.93. The van der Waals surface area contributed by atoms with Crippen molar-refractivity contribution in [1.82, 2.24) is 19.8 Å². The van der Waals surface area contributed by atoms with Gasteiger partial charge in [-0.3, -0.25) is 9.80 Å². The molecule has 4 saturated heterocycles. The van der Waals surface area contributed by atoms with E-state index in [-0.39, 0.29) is 42.0 Å². The van der Waals surface area contributed by atoms with E-state index in [1.807, 2.05) is 56.0 Å². The standard InChI is InChI=1S/C42H46FN5O5/c1-7-27-10-8-11-28-18-31(52-25-50-6)19-34(35(27)28)32-14-15-33-37(36(32)43)44-39(51-24-42-16-9-17-47(42)21-26(2)20-42)45-38(33)46-22-29-12-13-30(23-46)48(29)40(49)53-41(3,4)5/h1,8,10-11,14-15,18-19,29-30H,2,9,12-13,16-17,20-25H2,3-6H3. The fourth-order valence-corrected chi connectivity index (χ4v) is 8.92. The molecule has 2 bridgehead atoms. The molecular weight excluding hydrogens is 673 g/mol. The van der Waals surface area contributed by atoms with E-state index >= 15 is 4.39 Å². The molecule has 4 fully saturated rings. The first-order valence-electron chi connectivity index (χ1n) is 18.4. The van der Waals surface area contributed by atoms with E-state index in [1.165, 1.54) is 5.57 Å². The van der Waals surface area contributed by atoms with Crippen LogP contribution in [-0.2, 0) is 9.47 Å². The Morgan fingerprint density at radius 1 is 1.09 bits per heavy atom. The lowest BCUT2D eigenvalue weighted by Crippen LogP contribution is -2.57. The molecule has 53 heavy (non-hydrogen) atoms. The number of methoxy groups -OCH3 is 1. The Morgan fingerprint density at radius 2 is 1.89 bits per heavy atom. The van der Waals surface area contributed by atoms with Crippen molar-refractivity contribution in [2.75, 3.05) is 51.6 Å². The number of hydrogen-bond acceptors (Lipinski definition) is 9. The van der Waals surface area contributed by atoms with Crippen molar-refractivity contribution in [2.45, 2.75) is 76.1 Å². The molecule has 8 rings (SSSR count). The van der Waals surface area contributed by atoms with Gasteiger partial charge in [-0.05, 0) is 94.6 Å². The van der Waals surface area contributed by atoms with Crippen LogP contribution in [0.2, 0.25) is 0 Å². The minimum absolute atomic E-state index is 0.0344. The van der Waals surface area contributed by atoms with Crippen LogP contribution in [0, 0.1) is 18.2 Å². The Balaban J connectivity index is 1.23. The quantitative estimate of drug-likeness (QED) is 0.106. The predicted molar refractivity (Wildman–Crippen MR) is 203 cm³/mol. The largest absolute Gasteiger partial charge is 0.468 e. The second kappa shape index (κ2) is 13.5. The first-order chi connectivity index (χ1) is 25.5. The van der Waals surface area contributed by atoms with Gasteiger partial charge in [-0.25, -0.2) is 9.18 Å². The molecule has 0 aliphatic carbocycles. The molecule has 11 heteroatoms. The average molecular weight is 720 g/mol. The van der Waals surface area contributed by atoms with Crippen molar-refractivity contribution in [3.8, 4) is 35.2 Å². The van der Waals surface area contributed by atoms with Crippen molar-refractivity contribution < 1.29 is 28.1 Å². The van der Waals surface area contributed by atoms with Crippen molar-refractivity contribution in [2.24, 2.45) is 0 Å². The van der Waals surface area contributed by atoms with Gasteiger partial charge in [0.15, 0.2) is 12.6 Å². The number of nitrogens with zero attached hydrogens (tertiary/aromatic N) is 5. The van der Waals surface area contributed by atoms with Gasteiger partial charge in [0, 0.05) is 48.6 Å². The molecule has 3 atom stereocenters. The maximum atomic E-state index is 17.4. The molecule has 1 aromatic heterocycles. The number of carbonyl (C=O) groups is 1. The highest BCUT2D eigenvalue weighted by molar-refractivity contribution is 6.04. The number of ether oxygens (including phenoxy) is 4. The van der Waals surface area contributed by atoms with Gasteiger partial charge in [0.25, 0.3) is 0 Å². The highest BCUT2D eigenvalue weighted by Crippen LogP contribution is 2.43. The molecule has 0 spiro atoms. The van der Waals surface area contributed by atoms with Gasteiger partial charge in [-0.15, -0.1) is 6.42 Å². The summed E-state index contributed by atoms with van der Waals surface area (Å²) in [5, 5.41) is 2.11. The number of piperazine rings is 1. The van der Waals surface area contributed by atoms with Crippen LogP contribution in [0.1, 0.15) is 58.4 Å². The van der Waals surface area contributed by atoms with Gasteiger partial charge in [0.1, 0.15) is 29.3 Å². The molecule has 1 amide bonds. The number of fused-ring (bicyclic) bond motifs is 5. The topological polar surface area (TPSA) is 89.5 Å². The predicted octanol–water partition coefficient (Wildman–Crippen LogP) is 7.31. The van der Waals surface area contributed by atoms with E-state index < -0.39 is 11.4 Å². The molecule has 0 radical (unpaired) electrons. The third-order valence-corrected chi connectivity index (χ3v) is 11.1. The van der Waals surface area contributed by atoms with Gasteiger partial charge in [-0.2, -0.15) is 9.97 Å². The zero-order valence-electron chi connectivity index (χ0n) is 30.9. The SMILES string of the molecule is C#Cc1cccc2cc(OCOC)cc(-c3ccc4c(N5CC6CCC(C5)N6C(=O)OC(C)(C)C)nc(OCC56CCCN5CC(=C)C6)nc4c3F)c12. The summed E-state index contributed by atoms with van der Waals surface area (Å²) >= 11 is 0. The highest BCUT2D eigenvalue weighted by Gasteiger charge is 2.47. The third kappa shape index (κ3) is 6.42. The number of anilines is 1. The van der Waals surface area contributed by atoms with E-state index in [1.54, 1.807) is 19.2 Å². The fraction of sp³-hybridized carbons (Fsp3) is 0.452. The van der Waals surface area contributed by atoms with Crippen LogP contribution in [0.25, 0.3) is 32.8 Å². The molecule has 10 nitrogen and oxygen atoms in total. The van der Waals surface area contributed by atoms with Gasteiger partial charge in [-0.1, -0.05) is 36.3 Å². The van der Waals surface area contributed by atoms with E-state index in [2.05, 4.69) is 22.3 Å². The summed E-state index contributed by atoms with van der Waals surface area (Å²) < 4.78 is 40.7. The number of aromatic nitrogens is 2. The number of hydrogen-bond donors (Lipinski definition) is 0. The molecule has 3 unspecified atom stereocenters. The van der Waals surface area contributed by atoms with E-state index in [4.69, 9.17) is 35.3 Å². The first-order valence-corrected chi connectivity index (χ1v) is 18.4. The van der Waals surface area contributed by atoms with E-state index in [0.717, 1.165) is 56.0 Å². The maximum Gasteiger partial charge on any atom is 0.410 e. The lowest BCUT2D eigenvalue weighted by molar-refractivity contribution is 0.0122. The Kier molecular flexibility index (Phi) is 8.94. The van der Waals surface area contributed by atoms with Gasteiger partial charge in [0.2, 0.25) is 0 Å². The molecule has 5 heterocycles. The number of amides is 1. The number of rotatable bonds is 8. The van der Waals surface area contributed by atoms with Crippen LogP contribution in [0.4, 0.5) is 15.0 Å². The second-order valence-corrected chi connectivity index (χ2v) is 15.9. The monoisotopic (exact) mass is 719 g/mol. The molecule has 4 aliphatic rings. The van der Waals surface area contributed by atoms with Crippen LogP contribution in [0.15, 0.2) is 54.6 Å². The average Bonchev–Trinajstić information content (AvgIpc) is 3.75. The van der Waals surface area contributed by atoms with Crippen LogP contribution in [0.5, 0.6) is 11.8 Å². The van der Waals surface area contributed by atoms with Crippen molar-refractivity contribution in [3.05, 3.63) is 66.0 Å².